The van der Waals surface area contributed by atoms with Crippen LogP contribution in [-0.2, 0) is 28.6 Å². The van der Waals surface area contributed by atoms with Crippen molar-refractivity contribution in [3.8, 4) is 0 Å². The first kappa shape index (κ1) is 54.6. The van der Waals surface area contributed by atoms with Crippen molar-refractivity contribution in [3.05, 3.63) is 0 Å². The van der Waals surface area contributed by atoms with Crippen LogP contribution in [0.25, 0.3) is 0 Å². The third-order valence-corrected chi connectivity index (χ3v) is 11.8. The molecule has 0 saturated heterocycles. The van der Waals surface area contributed by atoms with E-state index in [0.29, 0.717) is 70.8 Å². The summed E-state index contributed by atoms with van der Waals surface area (Å²) in [6.45, 7) is 14.0. The van der Waals surface area contributed by atoms with Gasteiger partial charge < -0.3 is 29.3 Å². The number of unbranched alkanes of at least 4 members (excludes halogenated alkanes) is 16. The van der Waals surface area contributed by atoms with Crippen LogP contribution in [0, 0.1) is 11.3 Å². The number of carbonyl (C=O) groups is 4. The van der Waals surface area contributed by atoms with E-state index >= 15 is 0 Å². The second-order valence-electron chi connectivity index (χ2n) is 16.6. The van der Waals surface area contributed by atoms with E-state index in [1.807, 2.05) is 0 Å². The summed E-state index contributed by atoms with van der Waals surface area (Å²) in [7, 11) is 0. The van der Waals surface area contributed by atoms with Crippen LogP contribution in [0.15, 0.2) is 0 Å². The van der Waals surface area contributed by atoms with Crippen molar-refractivity contribution in [2.24, 2.45) is 11.3 Å². The van der Waals surface area contributed by atoms with Crippen LogP contribution in [-0.4, -0.2) is 78.1 Å². The van der Waals surface area contributed by atoms with Gasteiger partial charge in [-0.1, -0.05) is 157 Å². The number of carboxylic acid groups (broad SMARTS) is 2. The summed E-state index contributed by atoms with van der Waals surface area (Å²) in [5.41, 5.74) is -0.915. The lowest BCUT2D eigenvalue weighted by Gasteiger charge is -2.30. The van der Waals surface area contributed by atoms with Gasteiger partial charge in [-0.15, -0.1) is 0 Å². The first-order valence-corrected chi connectivity index (χ1v) is 23.8. The highest BCUT2D eigenvalue weighted by atomic mass is 16.7. The van der Waals surface area contributed by atoms with Gasteiger partial charge in [-0.05, 0) is 70.9 Å². The molecule has 2 N–H and O–H groups in total. The molecular formula is C47H89NO9. The van der Waals surface area contributed by atoms with Gasteiger partial charge in [0.05, 0.1) is 24.5 Å². The Morgan fingerprint density at radius 2 is 1.02 bits per heavy atom. The number of rotatable bonds is 42. The summed E-state index contributed by atoms with van der Waals surface area (Å²) in [5, 5.41) is 20.3. The number of carboxylic acids is 2. The molecule has 0 amide bonds. The van der Waals surface area contributed by atoms with Gasteiger partial charge in [-0.3, -0.25) is 14.4 Å². The molecule has 0 aliphatic rings. The van der Waals surface area contributed by atoms with E-state index in [0.717, 1.165) is 96.7 Å². The van der Waals surface area contributed by atoms with Gasteiger partial charge in [0.25, 0.3) is 0 Å². The Balaban J connectivity index is 5.04. The average Bonchev–Trinajstić information content (AvgIpc) is 3.19. The maximum Gasteiger partial charge on any atom is 0.508 e. The molecule has 0 spiro atoms. The highest BCUT2D eigenvalue weighted by Crippen LogP contribution is 2.38. The fourth-order valence-electron chi connectivity index (χ4n) is 7.87. The Morgan fingerprint density at radius 1 is 0.526 bits per heavy atom. The van der Waals surface area contributed by atoms with Crippen LogP contribution in [0.4, 0.5) is 4.79 Å². The van der Waals surface area contributed by atoms with Crippen molar-refractivity contribution in [1.82, 2.24) is 4.90 Å². The van der Waals surface area contributed by atoms with Gasteiger partial charge in [0, 0.05) is 19.4 Å². The molecule has 3 unspecified atom stereocenters. The largest absolute Gasteiger partial charge is 0.508 e. The molecule has 0 aliphatic carbocycles. The van der Waals surface area contributed by atoms with Crippen LogP contribution < -0.4 is 0 Å². The number of ether oxygens (including phenoxy) is 3. The Kier molecular flexibility index (Phi) is 36.3. The minimum atomic E-state index is -0.915. The Bertz CT molecular complexity index is 988. The Hall–Kier alpha value is -2.36. The zero-order chi connectivity index (χ0) is 42.4. The van der Waals surface area contributed by atoms with Crippen LogP contribution in [0.3, 0.4) is 0 Å². The molecule has 0 aromatic rings. The molecular weight excluding hydrogens is 723 g/mol. The molecule has 0 rings (SSSR count). The molecule has 0 radical (unpaired) electrons. The summed E-state index contributed by atoms with van der Waals surface area (Å²) < 4.78 is 16.7. The topological polar surface area (TPSA) is 140 Å². The van der Waals surface area contributed by atoms with E-state index in [2.05, 4.69) is 39.5 Å². The second-order valence-corrected chi connectivity index (χ2v) is 16.6. The standard InChI is InChI=1S/C47H89NO9/c1-6-11-14-17-18-19-20-21-22-24-32-42(57-46(54)56-39-29-38-48(9-4)10-5)34-40-55-43(49)33-25-27-36-47(45(52)53,35-26-16-13-8-3)37-28-31-41(44(50)51)30-23-15-12-7-2/h41-42H,6-40H2,1-5H3,(H,50,51)(H,52,53). The van der Waals surface area contributed by atoms with E-state index in [1.54, 1.807) is 0 Å². The first-order chi connectivity index (χ1) is 27.6. The number of aliphatic carboxylic acids is 2. The molecule has 0 heterocycles. The van der Waals surface area contributed by atoms with Crippen LogP contribution in [0.1, 0.15) is 227 Å². The SMILES string of the molecule is CCCCCCCCCCCCC(CCOC(=O)CCCCC(CCCCCC)(CCCC(CCCCCC)C(=O)O)C(=O)O)OC(=O)OCCCN(CC)CC. The van der Waals surface area contributed by atoms with Crippen molar-refractivity contribution >= 4 is 24.1 Å². The second kappa shape index (κ2) is 37.9. The molecule has 0 aromatic heterocycles. The summed E-state index contributed by atoms with van der Waals surface area (Å²) in [4.78, 5) is 52.4. The molecule has 0 aromatic carbocycles. The molecule has 0 fully saturated rings. The molecule has 3 atom stereocenters. The van der Waals surface area contributed by atoms with Crippen molar-refractivity contribution < 1.29 is 43.6 Å². The molecule has 10 heteroatoms. The molecule has 0 aliphatic heterocycles. The number of nitrogens with zero attached hydrogens (tertiary/aromatic N) is 1. The van der Waals surface area contributed by atoms with E-state index in [4.69, 9.17) is 14.2 Å². The van der Waals surface area contributed by atoms with Gasteiger partial charge in [-0.2, -0.15) is 0 Å². The van der Waals surface area contributed by atoms with E-state index < -0.39 is 29.4 Å². The van der Waals surface area contributed by atoms with Crippen LogP contribution in [0.2, 0.25) is 0 Å². The normalized spacial score (nSPS) is 13.6. The number of hydrogen-bond donors (Lipinski definition) is 2. The van der Waals surface area contributed by atoms with E-state index in [-0.39, 0.29) is 25.1 Å². The summed E-state index contributed by atoms with van der Waals surface area (Å²) >= 11 is 0. The summed E-state index contributed by atoms with van der Waals surface area (Å²) in [5.74, 6) is -2.36. The summed E-state index contributed by atoms with van der Waals surface area (Å²) in [6, 6.07) is 0. The molecule has 0 saturated carbocycles. The predicted molar refractivity (Wildman–Crippen MR) is 232 cm³/mol. The maximum atomic E-state index is 12.8. The zero-order valence-corrected chi connectivity index (χ0v) is 37.6. The lowest BCUT2D eigenvalue weighted by atomic mass is 9.73. The minimum Gasteiger partial charge on any atom is -0.481 e. The Morgan fingerprint density at radius 3 is 1.58 bits per heavy atom. The minimum absolute atomic E-state index is 0.149. The van der Waals surface area contributed by atoms with Gasteiger partial charge >= 0.3 is 24.1 Å². The third kappa shape index (κ3) is 30.4. The highest BCUT2D eigenvalue weighted by Gasteiger charge is 2.37. The highest BCUT2D eigenvalue weighted by molar-refractivity contribution is 5.74. The van der Waals surface area contributed by atoms with Gasteiger partial charge in [0.2, 0.25) is 0 Å². The quantitative estimate of drug-likeness (QED) is 0.0452. The van der Waals surface area contributed by atoms with Crippen molar-refractivity contribution in [2.75, 3.05) is 32.8 Å². The number of carbonyl (C=O) groups excluding carboxylic acids is 2. The predicted octanol–water partition coefficient (Wildman–Crippen LogP) is 12.9. The fourth-order valence-corrected chi connectivity index (χ4v) is 7.87. The van der Waals surface area contributed by atoms with E-state index in [9.17, 15) is 29.4 Å². The number of hydrogen-bond acceptors (Lipinski definition) is 8. The lowest BCUT2D eigenvalue weighted by Crippen LogP contribution is -2.31. The molecule has 336 valence electrons. The maximum absolute atomic E-state index is 12.8. The fraction of sp³-hybridized carbons (Fsp3) is 0.915. The third-order valence-electron chi connectivity index (χ3n) is 11.8. The van der Waals surface area contributed by atoms with Gasteiger partial charge in [-0.25, -0.2) is 4.79 Å². The average molecular weight is 812 g/mol. The number of esters is 1. The van der Waals surface area contributed by atoms with Gasteiger partial charge in [0.1, 0.15) is 6.10 Å². The zero-order valence-electron chi connectivity index (χ0n) is 37.6. The molecule has 10 nitrogen and oxygen atoms in total. The Labute approximate surface area is 349 Å². The van der Waals surface area contributed by atoms with Crippen molar-refractivity contribution in [3.63, 3.8) is 0 Å². The van der Waals surface area contributed by atoms with Crippen molar-refractivity contribution in [1.29, 1.82) is 0 Å². The molecule has 0 bridgehead atoms. The monoisotopic (exact) mass is 812 g/mol. The van der Waals surface area contributed by atoms with Crippen LogP contribution >= 0.6 is 0 Å². The van der Waals surface area contributed by atoms with E-state index in [1.165, 1.54) is 44.9 Å². The van der Waals surface area contributed by atoms with Gasteiger partial charge in [0.15, 0.2) is 0 Å². The van der Waals surface area contributed by atoms with Crippen LogP contribution in [0.5, 0.6) is 0 Å². The smallest absolute Gasteiger partial charge is 0.481 e. The lowest BCUT2D eigenvalue weighted by molar-refractivity contribution is -0.150. The first-order valence-electron chi connectivity index (χ1n) is 23.8. The molecule has 57 heavy (non-hydrogen) atoms. The van der Waals surface area contributed by atoms with Crippen molar-refractivity contribution in [2.45, 2.75) is 233 Å². The summed E-state index contributed by atoms with van der Waals surface area (Å²) in [6.07, 6.45) is 25.5.